The molecule has 0 amide bonds. The minimum atomic E-state index is -4.64. The first-order valence-electron chi connectivity index (χ1n) is 7.09. The number of fused-ring (bicyclic) bond motifs is 1. The van der Waals surface area contributed by atoms with Crippen molar-refractivity contribution in [1.29, 1.82) is 0 Å². The van der Waals surface area contributed by atoms with Gasteiger partial charge in [0, 0.05) is 17.8 Å². The van der Waals surface area contributed by atoms with Gasteiger partial charge in [-0.1, -0.05) is 18.2 Å². The number of hydrogen-bond acceptors (Lipinski definition) is 4. The third-order valence-electron chi connectivity index (χ3n) is 3.52. The summed E-state index contributed by atoms with van der Waals surface area (Å²) in [6.07, 6.45) is -2.41. The molecule has 1 N–H and O–H groups in total. The lowest BCUT2D eigenvalue weighted by Gasteiger charge is -2.13. The van der Waals surface area contributed by atoms with Gasteiger partial charge in [-0.25, -0.2) is 8.42 Å². The molecule has 0 fully saturated rings. The Morgan fingerprint density at radius 2 is 1.80 bits per heavy atom. The maximum atomic E-state index is 12.7. The predicted molar refractivity (Wildman–Crippen MR) is 86.5 cm³/mol. The van der Waals surface area contributed by atoms with Crippen molar-refractivity contribution in [2.75, 3.05) is 4.72 Å². The van der Waals surface area contributed by atoms with Crippen molar-refractivity contribution in [3.8, 4) is 0 Å². The van der Waals surface area contributed by atoms with Crippen LogP contribution in [0.4, 0.5) is 18.9 Å². The summed E-state index contributed by atoms with van der Waals surface area (Å²) in [7, 11) is -4.12. The number of nitrogens with zero attached hydrogens (tertiary/aromatic N) is 2. The van der Waals surface area contributed by atoms with Crippen LogP contribution in [0.5, 0.6) is 0 Å². The van der Waals surface area contributed by atoms with Crippen molar-refractivity contribution in [2.45, 2.75) is 18.0 Å². The summed E-state index contributed by atoms with van der Waals surface area (Å²) >= 11 is 0. The monoisotopic (exact) mass is 367 g/mol. The Balaban J connectivity index is 2.02. The fourth-order valence-electron chi connectivity index (χ4n) is 2.37. The summed E-state index contributed by atoms with van der Waals surface area (Å²) in [6.45, 7) is 1.28. The number of aromatic nitrogens is 2. The van der Waals surface area contributed by atoms with Crippen LogP contribution in [0.2, 0.25) is 0 Å². The van der Waals surface area contributed by atoms with Crippen molar-refractivity contribution >= 4 is 26.6 Å². The smallest absolute Gasteiger partial charge is 0.277 e. The Labute approximate surface area is 141 Å². The van der Waals surface area contributed by atoms with Gasteiger partial charge < -0.3 is 0 Å². The van der Waals surface area contributed by atoms with E-state index in [1.165, 1.54) is 19.2 Å². The first-order chi connectivity index (χ1) is 11.7. The molecule has 0 aliphatic carbocycles. The van der Waals surface area contributed by atoms with Gasteiger partial charge in [0.1, 0.15) is 10.6 Å². The van der Waals surface area contributed by atoms with E-state index in [2.05, 4.69) is 14.7 Å². The zero-order valence-corrected chi connectivity index (χ0v) is 13.7. The summed E-state index contributed by atoms with van der Waals surface area (Å²) in [5, 5.41) is 0.727. The molecule has 25 heavy (non-hydrogen) atoms. The molecule has 1 aromatic carbocycles. The highest BCUT2D eigenvalue weighted by Gasteiger charge is 2.33. The number of hydrogen-bond donors (Lipinski definition) is 1. The van der Waals surface area contributed by atoms with Gasteiger partial charge >= 0.3 is 6.18 Å². The maximum Gasteiger partial charge on any atom is 0.433 e. The van der Waals surface area contributed by atoms with Crippen molar-refractivity contribution in [3.05, 3.63) is 60.0 Å². The van der Waals surface area contributed by atoms with Crippen molar-refractivity contribution in [3.63, 3.8) is 0 Å². The lowest BCUT2D eigenvalue weighted by molar-refractivity contribution is -0.141. The molecular formula is C16H12F3N3O2S. The molecule has 130 valence electrons. The summed E-state index contributed by atoms with van der Waals surface area (Å²) in [4.78, 5) is 7.03. The van der Waals surface area contributed by atoms with Crippen LogP contribution in [-0.4, -0.2) is 18.4 Å². The molecule has 0 aliphatic rings. The van der Waals surface area contributed by atoms with E-state index in [-0.39, 0.29) is 16.1 Å². The molecule has 2 aromatic heterocycles. The van der Waals surface area contributed by atoms with Crippen LogP contribution in [0.25, 0.3) is 10.9 Å². The molecule has 3 aromatic rings. The molecule has 0 saturated heterocycles. The van der Waals surface area contributed by atoms with E-state index >= 15 is 0 Å². The number of nitrogens with one attached hydrogen (secondary N) is 1. The Bertz CT molecular complexity index is 1040. The summed E-state index contributed by atoms with van der Waals surface area (Å²) in [6, 6.07) is 9.13. The molecule has 0 bridgehead atoms. The van der Waals surface area contributed by atoms with Gasteiger partial charge in [0.15, 0.2) is 0 Å². The van der Waals surface area contributed by atoms with Crippen molar-refractivity contribution in [1.82, 2.24) is 9.97 Å². The van der Waals surface area contributed by atoms with Crippen LogP contribution in [0.1, 0.15) is 11.3 Å². The first-order valence-corrected chi connectivity index (χ1v) is 8.57. The van der Waals surface area contributed by atoms with Gasteiger partial charge in [-0.2, -0.15) is 13.2 Å². The second kappa shape index (κ2) is 5.99. The number of alkyl halides is 3. The maximum absolute atomic E-state index is 12.7. The number of rotatable bonds is 3. The van der Waals surface area contributed by atoms with Gasteiger partial charge in [0.2, 0.25) is 0 Å². The van der Waals surface area contributed by atoms with E-state index in [4.69, 9.17) is 0 Å². The van der Waals surface area contributed by atoms with E-state index in [1.54, 1.807) is 24.3 Å². The molecule has 2 heterocycles. The topological polar surface area (TPSA) is 72.0 Å². The summed E-state index contributed by atoms with van der Waals surface area (Å²) < 4.78 is 65.5. The number of para-hydroxylation sites is 1. The Morgan fingerprint density at radius 1 is 1.08 bits per heavy atom. The third-order valence-corrected chi connectivity index (χ3v) is 5.01. The zero-order chi connectivity index (χ0) is 18.2. The number of pyridine rings is 2. The Morgan fingerprint density at radius 3 is 2.48 bits per heavy atom. The summed E-state index contributed by atoms with van der Waals surface area (Å²) in [5.41, 5.74) is -0.526. The second-order valence-electron chi connectivity index (χ2n) is 5.32. The molecule has 0 atom stereocenters. The minimum Gasteiger partial charge on any atom is -0.277 e. The molecule has 0 spiro atoms. The average molecular weight is 367 g/mol. The minimum absolute atomic E-state index is 0.0528. The first kappa shape index (κ1) is 17.2. The van der Waals surface area contributed by atoms with Crippen LogP contribution < -0.4 is 4.72 Å². The number of sulfonamides is 1. The third kappa shape index (κ3) is 3.41. The van der Waals surface area contributed by atoms with Crippen LogP contribution in [-0.2, 0) is 16.2 Å². The van der Waals surface area contributed by atoms with E-state index in [9.17, 15) is 21.6 Å². The molecule has 3 rings (SSSR count). The molecule has 9 heteroatoms. The largest absolute Gasteiger partial charge is 0.433 e. The lowest BCUT2D eigenvalue weighted by atomic mass is 10.2. The van der Waals surface area contributed by atoms with Crippen LogP contribution in [0, 0.1) is 6.92 Å². The Kier molecular flexibility index (Phi) is 4.11. The normalized spacial score (nSPS) is 12.3. The van der Waals surface area contributed by atoms with Gasteiger partial charge in [0.25, 0.3) is 10.0 Å². The van der Waals surface area contributed by atoms with E-state index in [1.807, 2.05) is 0 Å². The predicted octanol–water partition coefficient (Wildman–Crippen LogP) is 3.76. The molecule has 0 unspecified atom stereocenters. The average Bonchev–Trinajstić information content (AvgIpc) is 2.54. The number of benzene rings is 1. The van der Waals surface area contributed by atoms with Crippen LogP contribution in [0.15, 0.2) is 53.7 Å². The molecule has 0 saturated carbocycles. The molecular weight excluding hydrogens is 355 g/mol. The van der Waals surface area contributed by atoms with Gasteiger partial charge in [0.05, 0.1) is 11.2 Å². The number of halogens is 3. The highest BCUT2D eigenvalue weighted by molar-refractivity contribution is 7.92. The lowest BCUT2D eigenvalue weighted by Crippen LogP contribution is -2.17. The second-order valence-corrected chi connectivity index (χ2v) is 6.97. The highest BCUT2D eigenvalue weighted by atomic mass is 32.2. The standard InChI is InChI=1S/C16H12F3N3O2S/c1-10-8-14(16(17,18)19)21-9-13(10)25(23,24)22-12-6-2-4-11-5-3-7-20-15(11)12/h2-9,22H,1H3. The number of aryl methyl sites for hydroxylation is 1. The van der Waals surface area contributed by atoms with Crippen molar-refractivity contribution < 1.29 is 21.6 Å². The highest BCUT2D eigenvalue weighted by Crippen LogP contribution is 2.30. The summed E-state index contributed by atoms with van der Waals surface area (Å²) in [5.74, 6) is 0. The van der Waals surface area contributed by atoms with Gasteiger partial charge in [-0.05, 0) is 30.7 Å². The Hall–Kier alpha value is -2.68. The van der Waals surface area contributed by atoms with Crippen LogP contribution in [0.3, 0.4) is 0 Å². The fourth-order valence-corrected chi connectivity index (χ4v) is 3.60. The van der Waals surface area contributed by atoms with E-state index < -0.39 is 21.9 Å². The van der Waals surface area contributed by atoms with E-state index in [0.29, 0.717) is 17.8 Å². The van der Waals surface area contributed by atoms with E-state index in [0.717, 1.165) is 5.39 Å². The van der Waals surface area contributed by atoms with Crippen LogP contribution >= 0.6 is 0 Å². The van der Waals surface area contributed by atoms with Gasteiger partial charge in [-0.15, -0.1) is 0 Å². The SMILES string of the molecule is Cc1cc(C(F)(F)F)ncc1S(=O)(=O)Nc1cccc2cccnc12. The molecule has 0 radical (unpaired) electrons. The quantitative estimate of drug-likeness (QED) is 0.765. The fraction of sp³-hybridized carbons (Fsp3) is 0.125. The van der Waals surface area contributed by atoms with Crippen molar-refractivity contribution in [2.24, 2.45) is 0 Å². The zero-order valence-electron chi connectivity index (χ0n) is 12.9. The molecule has 0 aliphatic heterocycles. The van der Waals surface area contributed by atoms with Gasteiger partial charge in [-0.3, -0.25) is 14.7 Å². The number of anilines is 1. The molecule has 5 nitrogen and oxygen atoms in total.